The van der Waals surface area contributed by atoms with Crippen molar-refractivity contribution in [3.05, 3.63) is 92.6 Å². The molecule has 0 aliphatic carbocycles. The Morgan fingerprint density at radius 1 is 1.04 bits per heavy atom. The Balaban J connectivity index is 2.12. The summed E-state index contributed by atoms with van der Waals surface area (Å²) in [5.74, 6) is -0.425. The van der Waals surface area contributed by atoms with E-state index < -0.39 is 17.1 Å². The van der Waals surface area contributed by atoms with Crippen LogP contribution in [0.15, 0.2) is 75.2 Å². The van der Waals surface area contributed by atoms with Crippen molar-refractivity contribution >= 4 is 5.71 Å². The zero-order valence-electron chi connectivity index (χ0n) is 14.5. The lowest BCUT2D eigenvalue weighted by Crippen LogP contribution is -2.32. The number of aromatic nitrogens is 2. The van der Waals surface area contributed by atoms with E-state index in [0.29, 0.717) is 11.4 Å². The number of rotatable bonds is 4. The average molecular weight is 349 g/mol. The van der Waals surface area contributed by atoms with Gasteiger partial charge in [-0.15, -0.1) is 0 Å². The number of benzene rings is 2. The van der Waals surface area contributed by atoms with Crippen molar-refractivity contribution in [1.82, 2.24) is 9.55 Å². The molecule has 1 aromatic heterocycles. The molecule has 6 nitrogen and oxygen atoms in total. The fourth-order valence-electron chi connectivity index (χ4n) is 2.83. The maximum atomic E-state index is 12.3. The third-order valence-electron chi connectivity index (χ3n) is 4.13. The normalized spacial score (nSPS) is 12.8. The second-order valence-electron chi connectivity index (χ2n) is 5.93. The number of aliphatic imine (C=N–C) groups is 1. The van der Waals surface area contributed by atoms with Gasteiger partial charge in [-0.2, -0.15) is 0 Å². The number of para-hydroxylation sites is 1. The summed E-state index contributed by atoms with van der Waals surface area (Å²) in [4.78, 5) is 31.3. The summed E-state index contributed by atoms with van der Waals surface area (Å²) in [7, 11) is 0. The molecule has 132 valence electrons. The first-order chi connectivity index (χ1) is 12.5. The van der Waals surface area contributed by atoms with E-state index >= 15 is 0 Å². The molecular formula is C20H19N3O3. The van der Waals surface area contributed by atoms with Gasteiger partial charge in [0.05, 0.1) is 17.4 Å². The van der Waals surface area contributed by atoms with Gasteiger partial charge in [0.2, 0.25) is 5.88 Å². The first-order valence-corrected chi connectivity index (χ1v) is 8.22. The molecule has 0 amide bonds. The van der Waals surface area contributed by atoms with Gasteiger partial charge in [-0.3, -0.25) is 14.8 Å². The van der Waals surface area contributed by atoms with Gasteiger partial charge in [0.25, 0.3) is 5.56 Å². The van der Waals surface area contributed by atoms with Gasteiger partial charge >= 0.3 is 5.69 Å². The molecular weight excluding hydrogens is 330 g/mol. The van der Waals surface area contributed by atoms with E-state index in [0.717, 1.165) is 10.1 Å². The summed E-state index contributed by atoms with van der Waals surface area (Å²) in [5.41, 5.74) is 0.407. The molecule has 6 heteroatoms. The molecule has 0 bridgehead atoms. The van der Waals surface area contributed by atoms with E-state index in [1.807, 2.05) is 37.3 Å². The average Bonchev–Trinajstić information content (AvgIpc) is 2.63. The highest BCUT2D eigenvalue weighted by Gasteiger charge is 2.18. The first-order valence-electron chi connectivity index (χ1n) is 8.22. The van der Waals surface area contributed by atoms with Crippen LogP contribution in [-0.2, 0) is 0 Å². The molecule has 0 unspecified atom stereocenters. The van der Waals surface area contributed by atoms with Crippen molar-refractivity contribution in [3.8, 4) is 11.6 Å². The van der Waals surface area contributed by atoms with Crippen LogP contribution in [0.2, 0.25) is 0 Å². The van der Waals surface area contributed by atoms with Gasteiger partial charge in [0, 0.05) is 0 Å². The fraction of sp³-hybridized carbons (Fsp3) is 0.150. The smallest absolute Gasteiger partial charge is 0.335 e. The zero-order valence-corrected chi connectivity index (χ0v) is 14.5. The van der Waals surface area contributed by atoms with E-state index in [1.54, 1.807) is 37.3 Å². The molecule has 0 radical (unpaired) electrons. The summed E-state index contributed by atoms with van der Waals surface area (Å²) in [6.45, 7) is 3.54. The third kappa shape index (κ3) is 3.35. The Kier molecular flexibility index (Phi) is 4.84. The van der Waals surface area contributed by atoms with Gasteiger partial charge in [0.1, 0.15) is 5.56 Å². The van der Waals surface area contributed by atoms with E-state index in [4.69, 9.17) is 0 Å². The van der Waals surface area contributed by atoms with Crippen LogP contribution in [0.5, 0.6) is 5.88 Å². The Labute approximate surface area is 150 Å². The molecule has 26 heavy (non-hydrogen) atoms. The number of hydrogen-bond acceptors (Lipinski definition) is 4. The lowest BCUT2D eigenvalue weighted by molar-refractivity contribution is 0.429. The SMILES string of the molecule is CC(=N[C@H](C)c1ccccc1)c1c(O)n(-c2ccccc2)c(=O)[nH]c1=O. The van der Waals surface area contributed by atoms with Gasteiger partial charge in [0.15, 0.2) is 0 Å². The summed E-state index contributed by atoms with van der Waals surface area (Å²) >= 11 is 0. The quantitative estimate of drug-likeness (QED) is 0.710. The minimum atomic E-state index is -0.702. The van der Waals surface area contributed by atoms with E-state index in [-0.39, 0.29) is 11.6 Å². The minimum Gasteiger partial charge on any atom is -0.493 e. The van der Waals surface area contributed by atoms with Gasteiger partial charge in [-0.1, -0.05) is 48.5 Å². The lowest BCUT2D eigenvalue weighted by atomic mass is 10.1. The second kappa shape index (κ2) is 7.23. The van der Waals surface area contributed by atoms with Crippen molar-refractivity contribution in [2.75, 3.05) is 0 Å². The summed E-state index contributed by atoms with van der Waals surface area (Å²) in [6, 6.07) is 18.0. The van der Waals surface area contributed by atoms with Crippen LogP contribution in [0.3, 0.4) is 0 Å². The Hall–Kier alpha value is -3.41. The van der Waals surface area contributed by atoms with Crippen LogP contribution in [-0.4, -0.2) is 20.4 Å². The number of aromatic amines is 1. The second-order valence-corrected chi connectivity index (χ2v) is 5.93. The van der Waals surface area contributed by atoms with Crippen LogP contribution in [0, 0.1) is 0 Å². The fourth-order valence-corrected chi connectivity index (χ4v) is 2.83. The first kappa shape index (κ1) is 17.4. The van der Waals surface area contributed by atoms with Crippen molar-refractivity contribution in [1.29, 1.82) is 0 Å². The van der Waals surface area contributed by atoms with E-state index in [9.17, 15) is 14.7 Å². The van der Waals surface area contributed by atoms with Gasteiger partial charge in [-0.05, 0) is 31.5 Å². The maximum Gasteiger partial charge on any atom is 0.335 e. The predicted octanol–water partition coefficient (Wildman–Crippen LogP) is 2.80. The zero-order chi connectivity index (χ0) is 18.7. The van der Waals surface area contributed by atoms with Crippen LogP contribution < -0.4 is 11.2 Å². The highest BCUT2D eigenvalue weighted by Crippen LogP contribution is 2.20. The van der Waals surface area contributed by atoms with Crippen LogP contribution in [0.4, 0.5) is 0 Å². The standard InChI is InChI=1S/C20H19N3O3/c1-13(15-9-5-3-6-10-15)21-14(2)17-18(24)22-20(26)23(19(17)25)16-11-7-4-8-12-16/h3-13,25H,1-2H3,(H,22,24,26)/t13-/m1/s1. The molecule has 0 saturated carbocycles. The molecule has 0 aliphatic heterocycles. The maximum absolute atomic E-state index is 12.3. The number of nitrogens with one attached hydrogen (secondary N) is 1. The predicted molar refractivity (Wildman–Crippen MR) is 101 cm³/mol. The van der Waals surface area contributed by atoms with Crippen molar-refractivity contribution in [2.24, 2.45) is 4.99 Å². The summed E-state index contributed by atoms with van der Waals surface area (Å²) in [5, 5.41) is 10.6. The Bertz CT molecular complexity index is 1050. The molecule has 0 saturated heterocycles. The number of hydrogen-bond donors (Lipinski definition) is 2. The molecule has 0 spiro atoms. The largest absolute Gasteiger partial charge is 0.493 e. The summed E-state index contributed by atoms with van der Waals surface area (Å²) in [6.07, 6.45) is 0. The number of aromatic hydroxyl groups is 1. The van der Waals surface area contributed by atoms with Gasteiger partial charge < -0.3 is 5.11 Å². The van der Waals surface area contributed by atoms with Crippen molar-refractivity contribution in [2.45, 2.75) is 19.9 Å². The molecule has 1 atom stereocenters. The topological polar surface area (TPSA) is 87.4 Å². The number of H-pyrrole nitrogens is 1. The monoisotopic (exact) mass is 349 g/mol. The van der Waals surface area contributed by atoms with Crippen LogP contribution in [0.1, 0.15) is 31.0 Å². The third-order valence-corrected chi connectivity index (χ3v) is 4.13. The molecule has 2 N–H and O–H groups in total. The molecule has 0 fully saturated rings. The molecule has 3 rings (SSSR count). The van der Waals surface area contributed by atoms with Gasteiger partial charge in [-0.25, -0.2) is 9.36 Å². The molecule has 0 aliphatic rings. The Morgan fingerprint density at radius 2 is 1.62 bits per heavy atom. The highest BCUT2D eigenvalue weighted by atomic mass is 16.3. The van der Waals surface area contributed by atoms with Crippen molar-refractivity contribution in [3.63, 3.8) is 0 Å². The van der Waals surface area contributed by atoms with Crippen molar-refractivity contribution < 1.29 is 5.11 Å². The van der Waals surface area contributed by atoms with E-state index in [2.05, 4.69) is 9.98 Å². The highest BCUT2D eigenvalue weighted by molar-refractivity contribution is 6.00. The van der Waals surface area contributed by atoms with E-state index in [1.165, 1.54) is 0 Å². The Morgan fingerprint density at radius 3 is 2.23 bits per heavy atom. The molecule has 1 heterocycles. The number of nitrogens with zero attached hydrogens (tertiary/aromatic N) is 2. The molecule has 3 aromatic rings. The lowest BCUT2D eigenvalue weighted by Gasteiger charge is -2.13. The summed E-state index contributed by atoms with van der Waals surface area (Å²) < 4.78 is 1.06. The van der Waals surface area contributed by atoms with Crippen LogP contribution in [0.25, 0.3) is 5.69 Å². The minimum absolute atomic E-state index is 0.0174. The van der Waals surface area contributed by atoms with Crippen LogP contribution >= 0.6 is 0 Å². The molecule has 2 aromatic carbocycles.